The van der Waals surface area contributed by atoms with E-state index in [1.165, 1.54) is 16.2 Å². The Balaban J connectivity index is 1.78. The van der Waals surface area contributed by atoms with Crippen LogP contribution in [0.1, 0.15) is 55.4 Å². The highest BCUT2D eigenvalue weighted by molar-refractivity contribution is 7.80. The molecule has 1 unspecified atom stereocenters. The number of thiocarbonyl (C=S) groups is 1. The van der Waals surface area contributed by atoms with Gasteiger partial charge in [0, 0.05) is 18.3 Å². The average molecular weight is 448 g/mol. The summed E-state index contributed by atoms with van der Waals surface area (Å²) in [5, 5.41) is 2.78. The summed E-state index contributed by atoms with van der Waals surface area (Å²) >= 11 is 5.32. The third kappa shape index (κ3) is 3.73. The lowest BCUT2D eigenvalue weighted by Crippen LogP contribution is -2.54. The van der Waals surface area contributed by atoms with Crippen LogP contribution in [-0.4, -0.2) is 29.5 Å². The van der Waals surface area contributed by atoms with Gasteiger partial charge in [-0.2, -0.15) is 0 Å². The molecular formula is C26H29N3O2S. The highest BCUT2D eigenvalue weighted by Crippen LogP contribution is 2.43. The second kappa shape index (κ2) is 7.85. The van der Waals surface area contributed by atoms with Crippen LogP contribution >= 0.6 is 12.2 Å². The molecule has 1 saturated heterocycles. The second-order valence-electron chi connectivity index (χ2n) is 9.54. The predicted molar refractivity (Wildman–Crippen MR) is 134 cm³/mol. The molecule has 0 aliphatic carbocycles. The number of aryl methyl sites for hydroxylation is 2. The van der Waals surface area contributed by atoms with Crippen molar-refractivity contribution in [1.82, 2.24) is 5.32 Å². The summed E-state index contributed by atoms with van der Waals surface area (Å²) in [4.78, 5) is 29.8. The average Bonchev–Trinajstić information content (AvgIpc) is 2.69. The smallest absolute Gasteiger partial charge is 0.270 e. The molecule has 2 aromatic carbocycles. The van der Waals surface area contributed by atoms with Crippen LogP contribution in [0.5, 0.6) is 0 Å². The largest absolute Gasteiger partial charge is 0.369 e. The topological polar surface area (TPSA) is 52.7 Å². The lowest BCUT2D eigenvalue weighted by atomic mass is 9.79. The fourth-order valence-electron chi connectivity index (χ4n) is 4.70. The van der Waals surface area contributed by atoms with E-state index in [0.717, 1.165) is 23.1 Å². The Kier molecular flexibility index (Phi) is 5.45. The molecule has 0 spiro atoms. The van der Waals surface area contributed by atoms with E-state index in [4.69, 9.17) is 12.2 Å². The van der Waals surface area contributed by atoms with Gasteiger partial charge in [-0.15, -0.1) is 0 Å². The number of rotatable bonds is 2. The van der Waals surface area contributed by atoms with Crippen molar-refractivity contribution in [2.75, 3.05) is 16.8 Å². The van der Waals surface area contributed by atoms with Crippen molar-refractivity contribution in [1.29, 1.82) is 0 Å². The lowest BCUT2D eigenvalue weighted by molar-refractivity contribution is -0.122. The third-order valence-corrected chi connectivity index (χ3v) is 6.97. The molecule has 2 aromatic rings. The van der Waals surface area contributed by atoms with Gasteiger partial charge in [0.25, 0.3) is 11.8 Å². The molecule has 4 rings (SSSR count). The number of anilines is 2. The van der Waals surface area contributed by atoms with Crippen LogP contribution in [0.15, 0.2) is 42.0 Å². The van der Waals surface area contributed by atoms with Crippen molar-refractivity contribution < 1.29 is 9.59 Å². The fraction of sp³-hybridized carbons (Fsp3) is 0.346. The van der Waals surface area contributed by atoms with Crippen molar-refractivity contribution >= 4 is 46.6 Å². The van der Waals surface area contributed by atoms with Crippen molar-refractivity contribution in [2.45, 2.75) is 52.5 Å². The minimum Gasteiger partial charge on any atom is -0.369 e. The van der Waals surface area contributed by atoms with Crippen LogP contribution in [0.25, 0.3) is 6.08 Å². The first-order valence-electron chi connectivity index (χ1n) is 10.9. The minimum absolute atomic E-state index is 0.0715. The van der Waals surface area contributed by atoms with Gasteiger partial charge in [-0.05, 0) is 105 Å². The van der Waals surface area contributed by atoms with Crippen LogP contribution in [-0.2, 0) is 9.59 Å². The number of benzene rings is 2. The number of nitrogens with zero attached hydrogens (tertiary/aromatic N) is 2. The van der Waals surface area contributed by atoms with Crippen molar-refractivity contribution in [3.05, 3.63) is 64.2 Å². The van der Waals surface area contributed by atoms with Crippen molar-refractivity contribution in [2.24, 2.45) is 0 Å². The molecule has 32 heavy (non-hydrogen) atoms. The molecule has 2 amide bonds. The molecule has 0 bridgehead atoms. The van der Waals surface area contributed by atoms with E-state index in [0.29, 0.717) is 11.6 Å². The summed E-state index contributed by atoms with van der Waals surface area (Å²) in [5.74, 6) is -0.499. The first kappa shape index (κ1) is 22.2. The molecular weight excluding hydrogens is 418 g/mol. The zero-order valence-electron chi connectivity index (χ0n) is 19.4. The molecule has 1 atom stereocenters. The Bertz CT molecular complexity index is 1180. The van der Waals surface area contributed by atoms with E-state index >= 15 is 0 Å². The van der Waals surface area contributed by atoms with E-state index < -0.39 is 11.8 Å². The maximum atomic E-state index is 13.4. The highest BCUT2D eigenvalue weighted by atomic mass is 32.1. The van der Waals surface area contributed by atoms with Crippen LogP contribution < -0.4 is 15.1 Å². The van der Waals surface area contributed by atoms with Crippen molar-refractivity contribution in [3.63, 3.8) is 0 Å². The summed E-state index contributed by atoms with van der Waals surface area (Å²) in [6.07, 6.45) is 2.73. The molecule has 2 heterocycles. The maximum absolute atomic E-state index is 13.4. The van der Waals surface area contributed by atoms with Crippen molar-refractivity contribution in [3.8, 4) is 0 Å². The monoisotopic (exact) mass is 447 g/mol. The van der Waals surface area contributed by atoms with Gasteiger partial charge in [-0.1, -0.05) is 19.1 Å². The van der Waals surface area contributed by atoms with Gasteiger partial charge >= 0.3 is 0 Å². The molecule has 0 aromatic heterocycles. The van der Waals surface area contributed by atoms with Gasteiger partial charge < -0.3 is 4.90 Å². The summed E-state index contributed by atoms with van der Waals surface area (Å²) in [6.45, 7) is 10.7. The molecule has 0 radical (unpaired) electrons. The van der Waals surface area contributed by atoms with E-state index in [1.54, 1.807) is 6.08 Å². The Morgan fingerprint density at radius 3 is 2.56 bits per heavy atom. The number of carbonyl (C=O) groups excluding carboxylic acids is 2. The molecule has 166 valence electrons. The Hall–Kier alpha value is -2.99. The molecule has 6 heteroatoms. The second-order valence-corrected chi connectivity index (χ2v) is 9.93. The first-order valence-corrected chi connectivity index (χ1v) is 11.3. The number of hydrogen-bond acceptors (Lipinski definition) is 4. The Labute approximate surface area is 195 Å². The quantitative estimate of drug-likeness (QED) is 0.406. The van der Waals surface area contributed by atoms with Gasteiger partial charge in [0.15, 0.2) is 5.11 Å². The molecule has 1 N–H and O–H groups in total. The summed E-state index contributed by atoms with van der Waals surface area (Å²) in [7, 11) is 2.13. The van der Waals surface area contributed by atoms with Crippen LogP contribution in [0.2, 0.25) is 0 Å². The SMILES string of the molecule is Cc1cccc(N2C(=O)/C(=C\c3cc4c(cc3C)N(C)C(C)(C)CC4C)C(=O)NC2=S)c1. The maximum Gasteiger partial charge on any atom is 0.270 e. The molecule has 1 fully saturated rings. The molecule has 5 nitrogen and oxygen atoms in total. The predicted octanol–water partition coefficient (Wildman–Crippen LogP) is 4.86. The first-order chi connectivity index (χ1) is 15.0. The van der Waals surface area contributed by atoms with Gasteiger partial charge in [0.2, 0.25) is 0 Å². The van der Waals surface area contributed by atoms with E-state index in [2.05, 4.69) is 50.2 Å². The van der Waals surface area contributed by atoms with E-state index in [9.17, 15) is 9.59 Å². The van der Waals surface area contributed by atoms with Gasteiger partial charge in [0.05, 0.1) is 5.69 Å². The normalized spacial score (nSPS) is 21.6. The lowest BCUT2D eigenvalue weighted by Gasteiger charge is -2.45. The van der Waals surface area contributed by atoms with Gasteiger partial charge in [-0.3, -0.25) is 19.8 Å². The zero-order valence-corrected chi connectivity index (χ0v) is 20.3. The fourth-order valence-corrected chi connectivity index (χ4v) is 4.99. The zero-order chi connectivity index (χ0) is 23.4. The summed E-state index contributed by atoms with van der Waals surface area (Å²) in [6, 6.07) is 11.8. The summed E-state index contributed by atoms with van der Waals surface area (Å²) in [5.41, 5.74) is 6.14. The van der Waals surface area contributed by atoms with E-state index in [-0.39, 0.29) is 16.2 Å². The number of nitrogens with one attached hydrogen (secondary N) is 1. The molecule has 2 aliphatic rings. The van der Waals surface area contributed by atoms with E-state index in [1.807, 2.05) is 38.1 Å². The highest BCUT2D eigenvalue weighted by Gasteiger charge is 2.36. The molecule has 2 aliphatic heterocycles. The van der Waals surface area contributed by atoms with Crippen LogP contribution in [0.3, 0.4) is 0 Å². The standard InChI is InChI=1S/C26H29N3O2S/c1-15-8-7-9-19(10-15)29-24(31)21(23(30)27-25(29)32)13-18-12-20-17(3)14-26(4,5)28(6)22(20)11-16(18)2/h7-13,17H,14H2,1-6H3,(H,27,30,32)/b21-13-. The van der Waals surface area contributed by atoms with Crippen LogP contribution in [0.4, 0.5) is 11.4 Å². The Morgan fingerprint density at radius 2 is 1.88 bits per heavy atom. The number of carbonyl (C=O) groups is 2. The number of hydrogen-bond donors (Lipinski definition) is 1. The minimum atomic E-state index is -0.465. The van der Waals surface area contributed by atoms with Crippen LogP contribution in [0, 0.1) is 13.8 Å². The molecule has 0 saturated carbocycles. The summed E-state index contributed by atoms with van der Waals surface area (Å²) < 4.78 is 0. The number of amides is 2. The van der Waals surface area contributed by atoms with Gasteiger partial charge in [-0.25, -0.2) is 0 Å². The Morgan fingerprint density at radius 1 is 1.16 bits per heavy atom. The van der Waals surface area contributed by atoms with Gasteiger partial charge in [0.1, 0.15) is 5.57 Å². The number of fused-ring (bicyclic) bond motifs is 1. The third-order valence-electron chi connectivity index (χ3n) is 6.68.